The number of hydrogen-bond donors (Lipinski definition) is 3. The Hall–Kier alpha value is -3.92. The number of aryl methyl sites for hydroxylation is 1. The summed E-state index contributed by atoms with van der Waals surface area (Å²) in [7, 11) is 4.18. The first-order valence-corrected chi connectivity index (χ1v) is 13.0. The van der Waals surface area contributed by atoms with Crippen molar-refractivity contribution in [2.75, 3.05) is 39.8 Å². The normalized spacial score (nSPS) is 17.7. The molecule has 0 amide bonds. The maximum Gasteiger partial charge on any atom is 0.490 e. The first-order chi connectivity index (χ1) is 20.9. The quantitative estimate of drug-likeness (QED) is 0.407. The molecule has 0 spiro atoms. The Labute approximate surface area is 255 Å². The molecule has 0 aromatic carbocycles. The molecule has 1 fully saturated rings. The Balaban J connectivity index is 0.000000413. The summed E-state index contributed by atoms with van der Waals surface area (Å²) >= 11 is 0. The van der Waals surface area contributed by atoms with Crippen molar-refractivity contribution in [1.82, 2.24) is 34.0 Å². The third-order valence-electron chi connectivity index (χ3n) is 6.35. The number of hydrogen-bond acceptors (Lipinski definition) is 8. The lowest BCUT2D eigenvalue weighted by Gasteiger charge is -2.35. The van der Waals surface area contributed by atoms with Crippen LogP contribution in [0.2, 0.25) is 0 Å². The minimum Gasteiger partial charge on any atom is -0.475 e. The number of nitrogens with zero attached hydrogens (tertiary/aromatic N) is 7. The molecule has 0 radical (unpaired) electrons. The predicted octanol–water partition coefficient (Wildman–Crippen LogP) is 2.84. The lowest BCUT2D eigenvalue weighted by Crippen LogP contribution is -2.44. The van der Waals surface area contributed by atoms with Crippen LogP contribution in [-0.2, 0) is 41.1 Å². The fourth-order valence-corrected chi connectivity index (χ4v) is 3.97. The average molecular weight is 686 g/mol. The van der Waals surface area contributed by atoms with E-state index in [-0.39, 0.29) is 0 Å². The molecule has 2 aliphatic heterocycles. The summed E-state index contributed by atoms with van der Waals surface area (Å²) < 4.78 is 99.5. The summed E-state index contributed by atoms with van der Waals surface area (Å²) in [5.41, 5.74) is 2.64. The molecule has 1 unspecified atom stereocenters. The first-order valence-electron chi connectivity index (χ1n) is 13.0. The van der Waals surface area contributed by atoms with Crippen LogP contribution >= 0.6 is 0 Å². The van der Waals surface area contributed by atoms with Gasteiger partial charge in [0.2, 0.25) is 0 Å². The zero-order valence-electron chi connectivity index (χ0n) is 24.6. The van der Waals surface area contributed by atoms with Crippen molar-refractivity contribution in [2.45, 2.75) is 51.1 Å². The van der Waals surface area contributed by atoms with Gasteiger partial charge >= 0.3 is 36.4 Å². The Morgan fingerprint density at radius 1 is 0.761 bits per heavy atom. The second kappa shape index (κ2) is 16.6. The van der Waals surface area contributed by atoms with Gasteiger partial charge in [-0.1, -0.05) is 0 Å². The van der Waals surface area contributed by atoms with E-state index >= 15 is 0 Å². The van der Waals surface area contributed by atoms with Crippen LogP contribution in [0.5, 0.6) is 0 Å². The number of carbonyl (C=O) groups is 3. The van der Waals surface area contributed by atoms with E-state index in [1.54, 1.807) is 0 Å². The van der Waals surface area contributed by atoms with Gasteiger partial charge in [0, 0.05) is 77.4 Å². The monoisotopic (exact) mass is 685 g/mol. The van der Waals surface area contributed by atoms with E-state index in [0.717, 1.165) is 52.4 Å². The number of aliphatic carboxylic acids is 3. The Bertz CT molecular complexity index is 1230. The topological polar surface area (TPSA) is 157 Å². The lowest BCUT2D eigenvalue weighted by atomic mass is 10.2. The van der Waals surface area contributed by atoms with E-state index in [0.29, 0.717) is 6.04 Å². The van der Waals surface area contributed by atoms with Gasteiger partial charge in [0.05, 0.1) is 17.9 Å². The summed E-state index contributed by atoms with van der Waals surface area (Å²) in [6, 6.07) is 0.343. The smallest absolute Gasteiger partial charge is 0.475 e. The minimum atomic E-state index is -5.08. The number of aromatic nitrogens is 4. The number of fused-ring (bicyclic) bond motifs is 1. The highest BCUT2D eigenvalue weighted by molar-refractivity contribution is 5.73. The molecular formula is C24H32F9N7O6. The largest absolute Gasteiger partial charge is 0.490 e. The van der Waals surface area contributed by atoms with Gasteiger partial charge in [0.1, 0.15) is 5.82 Å². The number of imidazole rings is 1. The lowest BCUT2D eigenvalue weighted by molar-refractivity contribution is -0.193. The number of carboxylic acid groups (broad SMARTS) is 3. The second-order valence-corrected chi connectivity index (χ2v) is 9.92. The van der Waals surface area contributed by atoms with Crippen molar-refractivity contribution in [1.29, 1.82) is 0 Å². The van der Waals surface area contributed by atoms with Crippen LogP contribution < -0.4 is 0 Å². The molecule has 3 N–H and O–H groups in total. The molecule has 4 rings (SSSR count). The van der Waals surface area contributed by atoms with Gasteiger partial charge in [-0.25, -0.2) is 19.4 Å². The summed E-state index contributed by atoms with van der Waals surface area (Å²) in [6.45, 7) is 11.0. The third kappa shape index (κ3) is 13.6. The molecule has 13 nitrogen and oxygen atoms in total. The number of carboxylic acids is 3. The second-order valence-electron chi connectivity index (χ2n) is 9.92. The molecule has 46 heavy (non-hydrogen) atoms. The van der Waals surface area contributed by atoms with E-state index in [4.69, 9.17) is 34.7 Å². The number of likely N-dealkylation sites (N-methyl/N-ethyl adjacent to an activating group) is 1. The van der Waals surface area contributed by atoms with Gasteiger partial charge in [0.25, 0.3) is 0 Å². The molecule has 0 bridgehead atoms. The molecule has 2 aromatic rings. The summed E-state index contributed by atoms with van der Waals surface area (Å²) in [5.74, 6) is -7.06. The zero-order chi connectivity index (χ0) is 35.6. The van der Waals surface area contributed by atoms with E-state index in [9.17, 15) is 39.5 Å². The van der Waals surface area contributed by atoms with Crippen molar-refractivity contribution in [2.24, 2.45) is 7.05 Å². The summed E-state index contributed by atoms with van der Waals surface area (Å²) in [5, 5.41) is 25.7. The third-order valence-corrected chi connectivity index (χ3v) is 6.35. The highest BCUT2D eigenvalue weighted by Crippen LogP contribution is 2.27. The van der Waals surface area contributed by atoms with E-state index in [2.05, 4.69) is 50.7 Å². The molecule has 0 aliphatic carbocycles. The maximum absolute atomic E-state index is 10.6. The van der Waals surface area contributed by atoms with Crippen LogP contribution in [0.1, 0.15) is 30.0 Å². The summed E-state index contributed by atoms with van der Waals surface area (Å²) in [6.07, 6.45) is -9.09. The molecule has 22 heteroatoms. The number of halogens is 9. The average Bonchev–Trinajstić information content (AvgIpc) is 3.52. The van der Waals surface area contributed by atoms with Gasteiger partial charge < -0.3 is 24.8 Å². The maximum atomic E-state index is 10.6. The number of rotatable bonds is 4. The van der Waals surface area contributed by atoms with Crippen LogP contribution in [0.15, 0.2) is 18.6 Å². The van der Waals surface area contributed by atoms with Crippen LogP contribution in [0.4, 0.5) is 39.5 Å². The molecule has 2 aromatic heterocycles. The molecule has 262 valence electrons. The minimum absolute atomic E-state index is 0.343. The Morgan fingerprint density at radius 3 is 1.61 bits per heavy atom. The Kier molecular flexibility index (Phi) is 14.5. The number of alkyl halides is 9. The Morgan fingerprint density at radius 2 is 1.22 bits per heavy atom. The summed E-state index contributed by atoms with van der Waals surface area (Å²) in [4.78, 5) is 38.9. The van der Waals surface area contributed by atoms with E-state index in [1.165, 1.54) is 17.1 Å². The molecule has 4 heterocycles. The first kappa shape index (κ1) is 40.1. The molecule has 0 saturated carbocycles. The fourth-order valence-electron chi connectivity index (χ4n) is 3.97. The van der Waals surface area contributed by atoms with Crippen LogP contribution in [-0.4, -0.2) is 126 Å². The standard InChI is InChI=1S/C18H29N7.3C2HF3O2/c1-15-18-19-11-17(14-23-6-4-21(2)5-7-23)25(18)9-8-24(15)13-16-10-20-22(3)12-16;3*3-2(4,5)1(6)7/h10-12,15H,4-9,13-14H2,1-3H3;3*(H,6,7). The van der Waals surface area contributed by atoms with Gasteiger partial charge in [-0.3, -0.25) is 14.5 Å². The number of piperazine rings is 1. The van der Waals surface area contributed by atoms with Crippen molar-refractivity contribution >= 4 is 17.9 Å². The van der Waals surface area contributed by atoms with Crippen LogP contribution in [0.25, 0.3) is 0 Å². The predicted molar refractivity (Wildman–Crippen MR) is 138 cm³/mol. The van der Waals surface area contributed by atoms with Gasteiger partial charge in [0.15, 0.2) is 0 Å². The highest BCUT2D eigenvalue weighted by atomic mass is 19.4. The van der Waals surface area contributed by atoms with E-state index in [1.807, 2.05) is 17.9 Å². The van der Waals surface area contributed by atoms with Crippen LogP contribution in [0, 0.1) is 0 Å². The SMILES string of the molecule is CC1c2ncc(CN3CCN(C)CC3)n2CCN1Cc1cnn(C)c1.O=C(O)C(F)(F)F.O=C(O)C(F)(F)F.O=C(O)C(F)(F)F. The zero-order valence-corrected chi connectivity index (χ0v) is 24.6. The highest BCUT2D eigenvalue weighted by Gasteiger charge is 2.39. The van der Waals surface area contributed by atoms with Crippen molar-refractivity contribution in [3.05, 3.63) is 35.7 Å². The molecule has 2 aliphatic rings. The van der Waals surface area contributed by atoms with E-state index < -0.39 is 36.4 Å². The van der Waals surface area contributed by atoms with Crippen LogP contribution in [0.3, 0.4) is 0 Å². The van der Waals surface area contributed by atoms with Crippen molar-refractivity contribution in [3.63, 3.8) is 0 Å². The van der Waals surface area contributed by atoms with Gasteiger partial charge in [-0.05, 0) is 14.0 Å². The van der Waals surface area contributed by atoms with Crippen molar-refractivity contribution < 1.29 is 69.2 Å². The van der Waals surface area contributed by atoms with Crippen molar-refractivity contribution in [3.8, 4) is 0 Å². The van der Waals surface area contributed by atoms with Gasteiger partial charge in [-0.15, -0.1) is 0 Å². The molecule has 1 atom stereocenters. The molecule has 1 saturated heterocycles. The fraction of sp³-hybridized carbons (Fsp3) is 0.625. The molecular weight excluding hydrogens is 653 g/mol. The van der Waals surface area contributed by atoms with Gasteiger partial charge in [-0.2, -0.15) is 44.6 Å².